The largest absolute Gasteiger partial charge is 0.297 e. The first kappa shape index (κ1) is 19.7. The predicted molar refractivity (Wildman–Crippen MR) is 111 cm³/mol. The topological polar surface area (TPSA) is 81.0 Å². The van der Waals surface area contributed by atoms with Crippen LogP contribution in [0.4, 0.5) is 0 Å². The highest BCUT2D eigenvalue weighted by Gasteiger charge is 2.22. The van der Waals surface area contributed by atoms with Crippen LogP contribution in [0.25, 0.3) is 5.69 Å². The van der Waals surface area contributed by atoms with E-state index in [2.05, 4.69) is 20.2 Å². The SMILES string of the molecule is CS(=O)(=O)Cc1ccnc(C2CCN(Cc3cn(-c4ccccc4)nn3)CC2)c1. The van der Waals surface area contributed by atoms with Crippen molar-refractivity contribution in [1.82, 2.24) is 24.9 Å². The number of likely N-dealkylation sites (tertiary alicyclic amines) is 1. The fourth-order valence-corrected chi connectivity index (χ4v) is 4.59. The molecule has 1 aliphatic heterocycles. The van der Waals surface area contributed by atoms with Gasteiger partial charge >= 0.3 is 0 Å². The van der Waals surface area contributed by atoms with E-state index < -0.39 is 9.84 Å². The third-order valence-corrected chi connectivity index (χ3v) is 6.09. The minimum atomic E-state index is -3.04. The Labute approximate surface area is 171 Å². The van der Waals surface area contributed by atoms with Gasteiger partial charge in [0, 0.05) is 30.6 Å². The van der Waals surface area contributed by atoms with Gasteiger partial charge in [-0.25, -0.2) is 13.1 Å². The van der Waals surface area contributed by atoms with Gasteiger partial charge < -0.3 is 0 Å². The summed E-state index contributed by atoms with van der Waals surface area (Å²) in [6.07, 6.45) is 6.98. The van der Waals surface area contributed by atoms with Crippen LogP contribution in [0.5, 0.6) is 0 Å². The van der Waals surface area contributed by atoms with Crippen molar-refractivity contribution in [2.75, 3.05) is 19.3 Å². The maximum absolute atomic E-state index is 11.6. The van der Waals surface area contributed by atoms with Crippen molar-refractivity contribution in [3.05, 3.63) is 71.8 Å². The summed E-state index contributed by atoms with van der Waals surface area (Å²) in [6.45, 7) is 2.70. The second-order valence-electron chi connectivity index (χ2n) is 7.70. The zero-order valence-corrected chi connectivity index (χ0v) is 17.3. The molecule has 0 N–H and O–H groups in total. The van der Waals surface area contributed by atoms with Gasteiger partial charge in [-0.15, -0.1) is 5.10 Å². The van der Waals surface area contributed by atoms with Crippen molar-refractivity contribution in [3.8, 4) is 5.69 Å². The summed E-state index contributed by atoms with van der Waals surface area (Å²) in [4.78, 5) is 6.89. The number of para-hydroxylation sites is 1. The molecule has 0 saturated carbocycles. The molecule has 3 heterocycles. The van der Waals surface area contributed by atoms with E-state index in [9.17, 15) is 8.42 Å². The first-order valence-electron chi connectivity index (χ1n) is 9.78. The standard InChI is InChI=1S/C21H25N5O2S/c1-29(27,28)16-17-7-10-22-21(13-17)18-8-11-25(12-9-18)14-19-15-26(24-23-19)20-5-3-2-4-6-20/h2-7,10,13,15,18H,8-9,11-12,14,16H2,1H3. The normalized spacial score (nSPS) is 16.2. The Balaban J connectivity index is 1.34. The van der Waals surface area contributed by atoms with E-state index in [1.165, 1.54) is 6.26 Å². The van der Waals surface area contributed by atoms with E-state index in [0.29, 0.717) is 5.92 Å². The fraction of sp³-hybridized carbons (Fsp3) is 0.381. The average Bonchev–Trinajstić information content (AvgIpc) is 3.17. The summed E-state index contributed by atoms with van der Waals surface area (Å²) >= 11 is 0. The number of nitrogens with zero attached hydrogens (tertiary/aromatic N) is 5. The molecule has 1 saturated heterocycles. The van der Waals surface area contributed by atoms with Gasteiger partial charge in [-0.1, -0.05) is 23.4 Å². The monoisotopic (exact) mass is 411 g/mol. The van der Waals surface area contributed by atoms with Crippen molar-refractivity contribution in [1.29, 1.82) is 0 Å². The van der Waals surface area contributed by atoms with Gasteiger partial charge in [0.05, 0.1) is 23.3 Å². The van der Waals surface area contributed by atoms with Crippen molar-refractivity contribution in [2.24, 2.45) is 0 Å². The van der Waals surface area contributed by atoms with Gasteiger partial charge in [0.1, 0.15) is 0 Å². The molecule has 3 aromatic rings. The van der Waals surface area contributed by atoms with Crippen LogP contribution < -0.4 is 0 Å². The van der Waals surface area contributed by atoms with E-state index in [0.717, 1.165) is 55.1 Å². The molecule has 1 aromatic carbocycles. The highest BCUT2D eigenvalue weighted by Crippen LogP contribution is 2.28. The van der Waals surface area contributed by atoms with Crippen LogP contribution in [-0.2, 0) is 22.1 Å². The Morgan fingerprint density at radius 3 is 2.59 bits per heavy atom. The van der Waals surface area contributed by atoms with Crippen molar-refractivity contribution in [2.45, 2.75) is 31.1 Å². The van der Waals surface area contributed by atoms with Crippen LogP contribution in [0, 0.1) is 0 Å². The number of pyridine rings is 1. The molecular weight excluding hydrogens is 386 g/mol. The molecule has 1 fully saturated rings. The molecule has 0 atom stereocenters. The maximum Gasteiger partial charge on any atom is 0.151 e. The molecule has 0 spiro atoms. The zero-order chi connectivity index (χ0) is 20.3. The molecule has 7 nitrogen and oxygen atoms in total. The van der Waals surface area contributed by atoms with Crippen LogP contribution in [0.2, 0.25) is 0 Å². The average molecular weight is 412 g/mol. The molecule has 152 valence electrons. The van der Waals surface area contributed by atoms with E-state index in [1.807, 2.05) is 42.6 Å². The summed E-state index contributed by atoms with van der Waals surface area (Å²) in [5.74, 6) is 0.434. The van der Waals surface area contributed by atoms with E-state index in [-0.39, 0.29) is 5.75 Å². The van der Waals surface area contributed by atoms with E-state index >= 15 is 0 Å². The Hall–Kier alpha value is -2.58. The Bertz CT molecular complexity index is 1060. The van der Waals surface area contributed by atoms with Gasteiger partial charge in [0.15, 0.2) is 9.84 Å². The van der Waals surface area contributed by atoms with Crippen LogP contribution in [0.15, 0.2) is 54.9 Å². The Kier molecular flexibility index (Phi) is 5.73. The molecular formula is C21H25N5O2S. The molecule has 4 rings (SSSR count). The minimum absolute atomic E-state index is 0.0679. The highest BCUT2D eigenvalue weighted by molar-refractivity contribution is 7.89. The zero-order valence-electron chi connectivity index (χ0n) is 16.5. The maximum atomic E-state index is 11.6. The third kappa shape index (κ3) is 5.27. The second kappa shape index (κ2) is 8.42. The minimum Gasteiger partial charge on any atom is -0.297 e. The summed E-state index contributed by atoms with van der Waals surface area (Å²) in [5, 5.41) is 8.55. The lowest BCUT2D eigenvalue weighted by Gasteiger charge is -2.31. The summed E-state index contributed by atoms with van der Waals surface area (Å²) < 4.78 is 24.9. The first-order chi connectivity index (χ1) is 14.0. The van der Waals surface area contributed by atoms with Gasteiger partial charge in [0.2, 0.25) is 0 Å². The summed E-state index contributed by atoms with van der Waals surface area (Å²) in [7, 11) is -3.04. The first-order valence-corrected chi connectivity index (χ1v) is 11.8. The number of hydrogen-bond donors (Lipinski definition) is 0. The molecule has 8 heteroatoms. The molecule has 1 aliphatic rings. The summed E-state index contributed by atoms with van der Waals surface area (Å²) in [5.41, 5.74) is 3.78. The number of benzene rings is 1. The lowest BCUT2D eigenvalue weighted by molar-refractivity contribution is 0.201. The molecule has 2 aromatic heterocycles. The molecule has 0 unspecified atom stereocenters. The number of aromatic nitrogens is 4. The van der Waals surface area contributed by atoms with E-state index in [4.69, 9.17) is 0 Å². The smallest absolute Gasteiger partial charge is 0.151 e. The third-order valence-electron chi connectivity index (χ3n) is 5.23. The van der Waals surface area contributed by atoms with Gasteiger partial charge in [-0.3, -0.25) is 9.88 Å². The highest BCUT2D eigenvalue weighted by atomic mass is 32.2. The van der Waals surface area contributed by atoms with Crippen molar-refractivity contribution >= 4 is 9.84 Å². The van der Waals surface area contributed by atoms with Gasteiger partial charge in [0.25, 0.3) is 0 Å². The molecule has 29 heavy (non-hydrogen) atoms. The lowest BCUT2D eigenvalue weighted by atomic mass is 9.92. The van der Waals surface area contributed by atoms with Crippen LogP contribution in [0.1, 0.15) is 35.7 Å². The second-order valence-corrected chi connectivity index (χ2v) is 9.84. The Morgan fingerprint density at radius 1 is 1.10 bits per heavy atom. The van der Waals surface area contributed by atoms with Crippen LogP contribution >= 0.6 is 0 Å². The lowest BCUT2D eigenvalue weighted by Crippen LogP contribution is -2.32. The molecule has 0 aliphatic carbocycles. The van der Waals surface area contributed by atoms with Gasteiger partial charge in [-0.2, -0.15) is 0 Å². The van der Waals surface area contributed by atoms with Crippen molar-refractivity contribution in [3.63, 3.8) is 0 Å². The Morgan fingerprint density at radius 2 is 1.86 bits per heavy atom. The molecule has 0 bridgehead atoms. The molecule has 0 amide bonds. The number of hydrogen-bond acceptors (Lipinski definition) is 6. The van der Waals surface area contributed by atoms with Crippen LogP contribution in [0.3, 0.4) is 0 Å². The fourth-order valence-electron chi connectivity index (χ4n) is 3.80. The van der Waals surface area contributed by atoms with Crippen LogP contribution in [-0.4, -0.2) is 52.6 Å². The molecule has 0 radical (unpaired) electrons. The predicted octanol–water partition coefficient (Wildman–Crippen LogP) is 2.59. The number of piperidine rings is 1. The van der Waals surface area contributed by atoms with E-state index in [1.54, 1.807) is 16.9 Å². The number of sulfone groups is 1. The quantitative estimate of drug-likeness (QED) is 0.620. The van der Waals surface area contributed by atoms with Crippen molar-refractivity contribution < 1.29 is 8.42 Å². The number of rotatable bonds is 6. The summed E-state index contributed by atoms with van der Waals surface area (Å²) in [6, 6.07) is 13.7. The van der Waals surface area contributed by atoms with Gasteiger partial charge in [-0.05, 0) is 55.8 Å².